The lowest BCUT2D eigenvalue weighted by Gasteiger charge is -2.23. The maximum absolute atomic E-state index is 12.9. The SMILES string of the molecule is Cc1ccc([C@H]2/C(=C(\O)c3ccccc3)C(=O)C(=O)N2c2cc(C)on2)cc1. The number of hydrogen-bond donors (Lipinski definition) is 1. The van der Waals surface area contributed by atoms with Crippen molar-refractivity contribution in [1.29, 1.82) is 0 Å². The molecule has 0 spiro atoms. The fourth-order valence-corrected chi connectivity index (χ4v) is 3.35. The van der Waals surface area contributed by atoms with Gasteiger partial charge in [-0.15, -0.1) is 0 Å². The first-order chi connectivity index (χ1) is 13.5. The van der Waals surface area contributed by atoms with Gasteiger partial charge in [-0.3, -0.25) is 14.5 Å². The summed E-state index contributed by atoms with van der Waals surface area (Å²) in [7, 11) is 0. The molecule has 28 heavy (non-hydrogen) atoms. The summed E-state index contributed by atoms with van der Waals surface area (Å²) < 4.78 is 5.11. The van der Waals surface area contributed by atoms with E-state index in [0.717, 1.165) is 5.56 Å². The van der Waals surface area contributed by atoms with Crippen LogP contribution in [0.1, 0.15) is 28.5 Å². The van der Waals surface area contributed by atoms with Crippen molar-refractivity contribution in [2.75, 3.05) is 4.90 Å². The minimum absolute atomic E-state index is 0.0284. The highest BCUT2D eigenvalue weighted by atomic mass is 16.5. The van der Waals surface area contributed by atoms with Crippen molar-refractivity contribution >= 4 is 23.3 Å². The standard InChI is InChI=1S/C22H18N2O4/c1-13-8-10-15(11-9-13)19-18(20(25)16-6-4-3-5-7-16)21(26)22(27)24(19)17-12-14(2)28-23-17/h3-12,19,25H,1-2H3/b20-18+/t19-/m0/s1. The van der Waals surface area contributed by atoms with Crippen molar-refractivity contribution in [3.8, 4) is 0 Å². The van der Waals surface area contributed by atoms with Crippen LogP contribution in [0.4, 0.5) is 5.82 Å². The van der Waals surface area contributed by atoms with Crippen LogP contribution in [0.25, 0.3) is 5.76 Å². The van der Waals surface area contributed by atoms with Crippen LogP contribution in [0.5, 0.6) is 0 Å². The number of aliphatic hydroxyl groups excluding tert-OH is 1. The first-order valence-electron chi connectivity index (χ1n) is 8.83. The largest absolute Gasteiger partial charge is 0.507 e. The second kappa shape index (κ2) is 6.81. The summed E-state index contributed by atoms with van der Waals surface area (Å²) in [4.78, 5) is 27.0. The van der Waals surface area contributed by atoms with E-state index in [1.807, 2.05) is 37.3 Å². The quantitative estimate of drug-likeness (QED) is 0.427. The van der Waals surface area contributed by atoms with E-state index >= 15 is 0 Å². The van der Waals surface area contributed by atoms with Crippen molar-refractivity contribution in [3.63, 3.8) is 0 Å². The first-order valence-corrected chi connectivity index (χ1v) is 8.83. The van der Waals surface area contributed by atoms with Crippen LogP contribution in [0, 0.1) is 13.8 Å². The maximum Gasteiger partial charge on any atom is 0.301 e. The molecule has 4 rings (SSSR count). The Hall–Kier alpha value is -3.67. The van der Waals surface area contributed by atoms with Crippen LogP contribution in [-0.4, -0.2) is 22.0 Å². The van der Waals surface area contributed by atoms with Gasteiger partial charge in [0.05, 0.1) is 11.6 Å². The van der Waals surface area contributed by atoms with Gasteiger partial charge in [0.2, 0.25) is 0 Å². The first kappa shape index (κ1) is 17.7. The Labute approximate surface area is 161 Å². The average molecular weight is 374 g/mol. The number of aromatic nitrogens is 1. The van der Waals surface area contributed by atoms with Crippen LogP contribution in [0.3, 0.4) is 0 Å². The number of aliphatic hydroxyl groups is 1. The zero-order valence-corrected chi connectivity index (χ0v) is 15.4. The highest BCUT2D eigenvalue weighted by molar-refractivity contribution is 6.51. The Morgan fingerprint density at radius 2 is 1.71 bits per heavy atom. The Balaban J connectivity index is 1.94. The molecule has 0 radical (unpaired) electrons. The number of carbonyl (C=O) groups excluding carboxylic acids is 2. The minimum atomic E-state index is -0.801. The molecule has 0 aliphatic carbocycles. The van der Waals surface area contributed by atoms with E-state index in [1.165, 1.54) is 4.90 Å². The summed E-state index contributed by atoms with van der Waals surface area (Å²) in [5.74, 6) is -0.976. The number of hydrogen-bond acceptors (Lipinski definition) is 5. The highest BCUT2D eigenvalue weighted by Crippen LogP contribution is 2.41. The van der Waals surface area contributed by atoms with E-state index in [0.29, 0.717) is 16.9 Å². The Morgan fingerprint density at radius 3 is 2.32 bits per heavy atom. The number of nitrogens with zero attached hydrogens (tertiary/aromatic N) is 2. The molecule has 0 bridgehead atoms. The molecular weight excluding hydrogens is 356 g/mol. The summed E-state index contributed by atoms with van der Waals surface area (Å²) in [6.07, 6.45) is 0. The Kier molecular flexibility index (Phi) is 4.31. The van der Waals surface area contributed by atoms with Gasteiger partial charge in [0.1, 0.15) is 11.5 Å². The van der Waals surface area contributed by atoms with Gasteiger partial charge in [-0.05, 0) is 19.4 Å². The third-order valence-electron chi connectivity index (χ3n) is 4.75. The number of rotatable bonds is 3. The normalized spacial score (nSPS) is 18.6. The number of Topliss-reactive ketones (excluding diaryl/α,β-unsaturated/α-hetero) is 1. The van der Waals surface area contributed by atoms with Crippen molar-refractivity contribution in [1.82, 2.24) is 5.16 Å². The monoisotopic (exact) mass is 374 g/mol. The van der Waals surface area contributed by atoms with E-state index in [4.69, 9.17) is 4.52 Å². The molecule has 1 aromatic heterocycles. The lowest BCUT2D eigenvalue weighted by molar-refractivity contribution is -0.132. The molecule has 3 aromatic rings. The molecule has 2 heterocycles. The van der Waals surface area contributed by atoms with Crippen LogP contribution < -0.4 is 4.90 Å². The molecule has 140 valence electrons. The Bertz CT molecular complexity index is 1080. The molecule has 6 heteroatoms. The fraction of sp³-hybridized carbons (Fsp3) is 0.136. The average Bonchev–Trinajstić information content (AvgIpc) is 3.24. The number of ketones is 1. The molecule has 1 amide bonds. The van der Waals surface area contributed by atoms with E-state index in [2.05, 4.69) is 5.16 Å². The predicted molar refractivity (Wildman–Crippen MR) is 104 cm³/mol. The van der Waals surface area contributed by atoms with Crippen LogP contribution in [0.2, 0.25) is 0 Å². The number of anilines is 1. The third kappa shape index (κ3) is 2.89. The lowest BCUT2D eigenvalue weighted by Crippen LogP contribution is -2.29. The topological polar surface area (TPSA) is 83.6 Å². The van der Waals surface area contributed by atoms with E-state index in [1.54, 1.807) is 37.3 Å². The zero-order chi connectivity index (χ0) is 19.8. The van der Waals surface area contributed by atoms with Crippen LogP contribution in [-0.2, 0) is 9.59 Å². The summed E-state index contributed by atoms with van der Waals surface area (Å²) in [5, 5.41) is 14.8. The van der Waals surface area contributed by atoms with E-state index < -0.39 is 17.7 Å². The smallest absolute Gasteiger partial charge is 0.301 e. The molecular formula is C22H18N2O4. The Morgan fingerprint density at radius 1 is 1.04 bits per heavy atom. The molecule has 1 saturated heterocycles. The predicted octanol–water partition coefficient (Wildman–Crippen LogP) is 3.92. The minimum Gasteiger partial charge on any atom is -0.507 e. The van der Waals surface area contributed by atoms with E-state index in [9.17, 15) is 14.7 Å². The van der Waals surface area contributed by atoms with Crippen molar-refractivity contribution in [2.45, 2.75) is 19.9 Å². The number of carbonyl (C=O) groups is 2. The van der Waals surface area contributed by atoms with Crippen molar-refractivity contribution < 1.29 is 19.2 Å². The summed E-state index contributed by atoms with van der Waals surface area (Å²) >= 11 is 0. The molecule has 1 fully saturated rings. The molecule has 0 saturated carbocycles. The number of aryl methyl sites for hydroxylation is 2. The van der Waals surface area contributed by atoms with Crippen LogP contribution in [0.15, 0.2) is 70.8 Å². The van der Waals surface area contributed by atoms with Gasteiger partial charge in [0, 0.05) is 11.6 Å². The van der Waals surface area contributed by atoms with Gasteiger partial charge >= 0.3 is 5.91 Å². The highest BCUT2D eigenvalue weighted by Gasteiger charge is 2.48. The van der Waals surface area contributed by atoms with Crippen molar-refractivity contribution in [3.05, 3.63) is 88.7 Å². The maximum atomic E-state index is 12.9. The van der Waals surface area contributed by atoms with E-state index in [-0.39, 0.29) is 17.2 Å². The lowest BCUT2D eigenvalue weighted by atomic mass is 9.95. The molecule has 0 unspecified atom stereocenters. The fourth-order valence-electron chi connectivity index (χ4n) is 3.35. The van der Waals surface area contributed by atoms with Gasteiger partial charge in [-0.25, -0.2) is 0 Å². The van der Waals surface area contributed by atoms with Crippen molar-refractivity contribution in [2.24, 2.45) is 0 Å². The van der Waals surface area contributed by atoms with Gasteiger partial charge in [0.25, 0.3) is 5.78 Å². The molecule has 1 aliphatic rings. The van der Waals surface area contributed by atoms with Gasteiger partial charge in [-0.2, -0.15) is 0 Å². The summed E-state index contributed by atoms with van der Waals surface area (Å²) in [5.41, 5.74) is 2.23. The molecule has 1 atom stereocenters. The summed E-state index contributed by atoms with van der Waals surface area (Å²) in [6, 6.07) is 17.0. The third-order valence-corrected chi connectivity index (χ3v) is 4.75. The zero-order valence-electron chi connectivity index (χ0n) is 15.4. The van der Waals surface area contributed by atoms with Gasteiger partial charge in [-0.1, -0.05) is 65.3 Å². The number of benzene rings is 2. The molecule has 1 aliphatic heterocycles. The molecule has 2 aromatic carbocycles. The second-order valence-electron chi connectivity index (χ2n) is 6.74. The van der Waals surface area contributed by atoms with Gasteiger partial charge < -0.3 is 9.63 Å². The molecule has 1 N–H and O–H groups in total. The second-order valence-corrected chi connectivity index (χ2v) is 6.74. The van der Waals surface area contributed by atoms with Gasteiger partial charge in [0.15, 0.2) is 5.82 Å². The van der Waals surface area contributed by atoms with Crippen LogP contribution >= 0.6 is 0 Å². The number of amides is 1. The summed E-state index contributed by atoms with van der Waals surface area (Å²) in [6.45, 7) is 3.66. The molecule has 6 nitrogen and oxygen atoms in total.